The fraction of sp³-hybridized carbons (Fsp3) is 0.611. The summed E-state index contributed by atoms with van der Waals surface area (Å²) in [5.41, 5.74) is 2.10. The number of carbonyl (C=O) groups excluding carboxylic acids is 1. The monoisotopic (exact) mass is 271 g/mol. The predicted molar refractivity (Wildman–Crippen MR) is 82.1 cm³/mol. The van der Waals surface area contributed by atoms with Gasteiger partial charge in [-0.05, 0) is 43.2 Å². The summed E-state index contributed by atoms with van der Waals surface area (Å²) in [4.78, 5) is 13.2. The highest BCUT2D eigenvalue weighted by Crippen LogP contribution is 2.42. The van der Waals surface area contributed by atoms with Gasteiger partial charge in [0.2, 0.25) is 0 Å². The smallest absolute Gasteiger partial charge is 0.170 e. The van der Waals surface area contributed by atoms with Crippen molar-refractivity contribution in [2.45, 2.75) is 45.4 Å². The molecule has 2 aliphatic rings. The van der Waals surface area contributed by atoms with E-state index in [0.29, 0.717) is 17.6 Å². The van der Waals surface area contributed by atoms with Crippen LogP contribution in [0.4, 0.5) is 0 Å². The maximum Gasteiger partial charge on any atom is 0.170 e. The summed E-state index contributed by atoms with van der Waals surface area (Å²) in [6.45, 7) is 6.19. The van der Waals surface area contributed by atoms with Crippen molar-refractivity contribution in [3.05, 3.63) is 35.4 Å². The Balaban J connectivity index is 1.97. The molecule has 1 atom stereocenters. The van der Waals surface area contributed by atoms with Crippen LogP contribution in [0.1, 0.15) is 61.4 Å². The van der Waals surface area contributed by atoms with Crippen molar-refractivity contribution in [1.82, 2.24) is 5.32 Å². The molecule has 3 rings (SSSR count). The Labute approximate surface area is 122 Å². The van der Waals surface area contributed by atoms with Crippen molar-refractivity contribution in [2.24, 2.45) is 11.3 Å². The highest BCUT2D eigenvalue weighted by atomic mass is 16.1. The molecule has 0 aromatic heterocycles. The molecule has 1 aliphatic carbocycles. The lowest BCUT2D eigenvalue weighted by Crippen LogP contribution is -2.39. The van der Waals surface area contributed by atoms with Crippen LogP contribution in [0.3, 0.4) is 0 Å². The Morgan fingerprint density at radius 2 is 2.05 bits per heavy atom. The number of ketones is 1. The van der Waals surface area contributed by atoms with Gasteiger partial charge in [0.15, 0.2) is 5.78 Å². The van der Waals surface area contributed by atoms with Crippen LogP contribution in [0.2, 0.25) is 0 Å². The van der Waals surface area contributed by atoms with Crippen molar-refractivity contribution in [2.75, 3.05) is 13.1 Å². The van der Waals surface area contributed by atoms with Gasteiger partial charge in [0, 0.05) is 17.5 Å². The van der Waals surface area contributed by atoms with Crippen LogP contribution in [0, 0.1) is 11.3 Å². The third-order valence-corrected chi connectivity index (χ3v) is 5.50. The number of nitrogens with one attached hydrogen (secondary N) is 1. The zero-order chi connectivity index (χ0) is 14.2. The van der Waals surface area contributed by atoms with E-state index in [4.69, 9.17) is 0 Å². The maximum atomic E-state index is 13.2. The Kier molecular flexibility index (Phi) is 3.68. The average molecular weight is 271 g/mol. The van der Waals surface area contributed by atoms with Gasteiger partial charge in [-0.15, -0.1) is 0 Å². The van der Waals surface area contributed by atoms with E-state index in [9.17, 15) is 4.79 Å². The average Bonchev–Trinajstić information content (AvgIpc) is 2.87. The molecule has 1 aromatic rings. The predicted octanol–water partition coefficient (Wildman–Crippen LogP) is 3.77. The lowest BCUT2D eigenvalue weighted by atomic mass is 9.68. The third kappa shape index (κ3) is 2.10. The molecule has 2 nitrogen and oxygen atoms in total. The minimum atomic E-state index is -0.195. The summed E-state index contributed by atoms with van der Waals surface area (Å²) in [6, 6.07) is 8.33. The molecular formula is C18H25NO. The molecule has 1 aliphatic heterocycles. The minimum Gasteiger partial charge on any atom is -0.316 e. The molecule has 0 bridgehead atoms. The molecular weight excluding hydrogens is 246 g/mol. The first-order valence-corrected chi connectivity index (χ1v) is 7.99. The molecule has 20 heavy (non-hydrogen) atoms. The first-order chi connectivity index (χ1) is 9.65. The second kappa shape index (κ2) is 5.33. The number of hydrogen-bond donors (Lipinski definition) is 1. The molecule has 2 heteroatoms. The van der Waals surface area contributed by atoms with Crippen molar-refractivity contribution in [3.63, 3.8) is 0 Å². The molecule has 1 aromatic carbocycles. The van der Waals surface area contributed by atoms with Crippen molar-refractivity contribution >= 4 is 5.78 Å². The Bertz CT molecular complexity index is 496. The molecule has 0 radical (unpaired) electrons. The van der Waals surface area contributed by atoms with Crippen molar-refractivity contribution in [1.29, 1.82) is 0 Å². The van der Waals surface area contributed by atoms with Crippen LogP contribution in [-0.2, 0) is 0 Å². The highest BCUT2D eigenvalue weighted by Gasteiger charge is 2.45. The number of Topliss-reactive ketones (excluding diaryl/α,β-unsaturated/α-hetero) is 1. The Hall–Kier alpha value is -1.15. The third-order valence-electron chi connectivity index (χ3n) is 5.50. The fourth-order valence-corrected chi connectivity index (χ4v) is 3.71. The second-order valence-corrected chi connectivity index (χ2v) is 6.78. The first kappa shape index (κ1) is 13.8. The number of rotatable bonds is 4. The molecule has 1 unspecified atom stereocenters. The van der Waals surface area contributed by atoms with E-state index in [0.717, 1.165) is 25.1 Å². The normalized spacial score (nSPS) is 26.8. The maximum absolute atomic E-state index is 13.2. The van der Waals surface area contributed by atoms with Gasteiger partial charge < -0.3 is 5.32 Å². The molecule has 108 valence electrons. The lowest BCUT2D eigenvalue weighted by molar-refractivity contribution is 0.0737. The van der Waals surface area contributed by atoms with Crippen LogP contribution in [0.5, 0.6) is 0 Å². The highest BCUT2D eigenvalue weighted by molar-refractivity contribution is 6.02. The van der Waals surface area contributed by atoms with E-state index in [1.807, 2.05) is 6.07 Å². The number of hydrogen-bond acceptors (Lipinski definition) is 2. The summed E-state index contributed by atoms with van der Waals surface area (Å²) in [5, 5.41) is 3.40. The Morgan fingerprint density at radius 3 is 2.60 bits per heavy atom. The molecule has 1 saturated carbocycles. The van der Waals surface area contributed by atoms with E-state index < -0.39 is 0 Å². The van der Waals surface area contributed by atoms with Gasteiger partial charge in [-0.25, -0.2) is 0 Å². The lowest BCUT2D eigenvalue weighted by Gasteiger charge is -2.34. The first-order valence-electron chi connectivity index (χ1n) is 7.99. The molecule has 0 amide bonds. The van der Waals surface area contributed by atoms with E-state index >= 15 is 0 Å². The molecule has 1 heterocycles. The van der Waals surface area contributed by atoms with Crippen LogP contribution < -0.4 is 5.32 Å². The molecule has 2 fully saturated rings. The number of benzene rings is 1. The van der Waals surface area contributed by atoms with Crippen LogP contribution in [-0.4, -0.2) is 18.9 Å². The van der Waals surface area contributed by atoms with Gasteiger partial charge in [0.25, 0.3) is 0 Å². The van der Waals surface area contributed by atoms with Gasteiger partial charge >= 0.3 is 0 Å². The fourth-order valence-electron chi connectivity index (χ4n) is 3.71. The second-order valence-electron chi connectivity index (χ2n) is 6.78. The van der Waals surface area contributed by atoms with Gasteiger partial charge in [-0.3, -0.25) is 4.79 Å². The van der Waals surface area contributed by atoms with E-state index in [-0.39, 0.29) is 5.41 Å². The van der Waals surface area contributed by atoms with Gasteiger partial charge in [0.05, 0.1) is 0 Å². The van der Waals surface area contributed by atoms with Gasteiger partial charge in [-0.2, -0.15) is 0 Å². The van der Waals surface area contributed by atoms with E-state index in [1.54, 1.807) is 0 Å². The van der Waals surface area contributed by atoms with Crippen LogP contribution in [0.15, 0.2) is 24.3 Å². The Morgan fingerprint density at radius 1 is 1.30 bits per heavy atom. The summed E-state index contributed by atoms with van der Waals surface area (Å²) in [6.07, 6.45) is 4.78. The summed E-state index contributed by atoms with van der Waals surface area (Å²) >= 11 is 0. The summed E-state index contributed by atoms with van der Waals surface area (Å²) < 4.78 is 0. The molecule has 0 spiro atoms. The SMILES string of the molecule is CC(C)C1(C(=O)c2ccccc2C2CCC2)CCNC1. The quantitative estimate of drug-likeness (QED) is 0.845. The molecule has 1 saturated heterocycles. The largest absolute Gasteiger partial charge is 0.316 e. The standard InChI is InChI=1S/C18H25NO/c1-13(2)18(10-11-19-12-18)17(20)16-9-4-3-8-15(16)14-6-5-7-14/h3-4,8-9,13-14,19H,5-7,10-12H2,1-2H3. The van der Waals surface area contributed by atoms with Gasteiger partial charge in [0.1, 0.15) is 0 Å². The van der Waals surface area contributed by atoms with Crippen molar-refractivity contribution < 1.29 is 4.79 Å². The summed E-state index contributed by atoms with van der Waals surface area (Å²) in [5.74, 6) is 1.38. The number of carbonyl (C=O) groups is 1. The molecule has 1 N–H and O–H groups in total. The van der Waals surface area contributed by atoms with Crippen LogP contribution >= 0.6 is 0 Å². The van der Waals surface area contributed by atoms with Crippen molar-refractivity contribution in [3.8, 4) is 0 Å². The van der Waals surface area contributed by atoms with E-state index in [2.05, 4.69) is 37.4 Å². The van der Waals surface area contributed by atoms with Crippen LogP contribution in [0.25, 0.3) is 0 Å². The zero-order valence-electron chi connectivity index (χ0n) is 12.6. The minimum absolute atomic E-state index is 0.195. The van der Waals surface area contributed by atoms with Gasteiger partial charge in [-0.1, -0.05) is 44.5 Å². The summed E-state index contributed by atoms with van der Waals surface area (Å²) in [7, 11) is 0. The zero-order valence-corrected chi connectivity index (χ0v) is 12.6. The van der Waals surface area contributed by atoms with E-state index in [1.165, 1.54) is 24.8 Å². The topological polar surface area (TPSA) is 29.1 Å².